The van der Waals surface area contributed by atoms with Gasteiger partial charge in [0.05, 0.1) is 11.9 Å². The minimum atomic E-state index is 0.266. The van der Waals surface area contributed by atoms with Gasteiger partial charge in [-0.05, 0) is 5.92 Å². The van der Waals surface area contributed by atoms with Crippen LogP contribution < -0.4 is 5.43 Å². The van der Waals surface area contributed by atoms with E-state index in [1.54, 1.807) is 7.05 Å². The predicted octanol–water partition coefficient (Wildman–Crippen LogP) is 0.867. The Morgan fingerprint density at radius 2 is 2.22 bits per heavy atom. The van der Waals surface area contributed by atoms with Gasteiger partial charge in [-0.2, -0.15) is 5.10 Å². The summed E-state index contributed by atoms with van der Waals surface area (Å²) in [6, 6.07) is 0. The van der Waals surface area contributed by atoms with Crippen LogP contribution >= 0.6 is 0 Å². The van der Waals surface area contributed by atoms with Gasteiger partial charge in [0.15, 0.2) is 0 Å². The van der Waals surface area contributed by atoms with E-state index in [1.807, 2.05) is 13.8 Å². The molecular weight excluding hydrogens is 114 g/mol. The molecule has 0 spiro atoms. The summed E-state index contributed by atoms with van der Waals surface area (Å²) in [5.41, 5.74) is 3.13. The fraction of sp³-hybridized carbons (Fsp3) is 0.667. The molecule has 0 aromatic rings. The molecule has 0 aromatic carbocycles. The molecule has 0 aliphatic heterocycles. The highest BCUT2D eigenvalue weighted by atomic mass is 15.3. The highest BCUT2D eigenvalue weighted by Gasteiger charge is 1.96. The SMILES string of the molecule is CN/N=C\C(=N)C(C)C. The zero-order chi connectivity index (χ0) is 7.28. The third-order valence-corrected chi connectivity index (χ3v) is 0.955. The van der Waals surface area contributed by atoms with Gasteiger partial charge in [0.1, 0.15) is 0 Å². The largest absolute Gasteiger partial charge is 0.313 e. The fourth-order valence-electron chi connectivity index (χ4n) is 0.283. The molecule has 9 heavy (non-hydrogen) atoms. The molecule has 3 heteroatoms. The Balaban J connectivity index is 3.63. The lowest BCUT2D eigenvalue weighted by Crippen LogP contribution is -2.09. The van der Waals surface area contributed by atoms with Crippen molar-refractivity contribution in [2.75, 3.05) is 7.05 Å². The molecule has 0 radical (unpaired) electrons. The molecule has 0 bridgehead atoms. The van der Waals surface area contributed by atoms with Gasteiger partial charge in [-0.1, -0.05) is 13.8 Å². The minimum absolute atomic E-state index is 0.266. The van der Waals surface area contributed by atoms with Crippen molar-refractivity contribution < 1.29 is 0 Å². The first-order chi connectivity index (χ1) is 4.18. The van der Waals surface area contributed by atoms with Crippen LogP contribution in [-0.2, 0) is 0 Å². The number of hydrazone groups is 1. The van der Waals surface area contributed by atoms with Crippen LogP contribution in [0.2, 0.25) is 0 Å². The van der Waals surface area contributed by atoms with Gasteiger partial charge in [-0.3, -0.25) is 0 Å². The molecule has 52 valence electrons. The molecule has 0 rings (SSSR count). The Morgan fingerprint density at radius 1 is 1.67 bits per heavy atom. The highest BCUT2D eigenvalue weighted by molar-refractivity contribution is 6.29. The number of nitrogens with zero attached hydrogens (tertiary/aromatic N) is 1. The average molecular weight is 127 g/mol. The second-order valence-electron chi connectivity index (χ2n) is 2.09. The van der Waals surface area contributed by atoms with E-state index >= 15 is 0 Å². The maximum atomic E-state index is 7.26. The summed E-state index contributed by atoms with van der Waals surface area (Å²) in [6.45, 7) is 3.92. The number of hydrogen-bond acceptors (Lipinski definition) is 3. The van der Waals surface area contributed by atoms with Crippen LogP contribution in [0.4, 0.5) is 0 Å². The Bertz CT molecular complexity index is 115. The van der Waals surface area contributed by atoms with Crippen LogP contribution in [0.3, 0.4) is 0 Å². The van der Waals surface area contributed by atoms with E-state index in [4.69, 9.17) is 5.41 Å². The first-order valence-electron chi connectivity index (χ1n) is 2.96. The Hall–Kier alpha value is -0.860. The quantitative estimate of drug-likeness (QED) is 0.429. The molecule has 0 unspecified atom stereocenters. The van der Waals surface area contributed by atoms with E-state index in [1.165, 1.54) is 6.21 Å². The van der Waals surface area contributed by atoms with Gasteiger partial charge in [-0.25, -0.2) is 0 Å². The zero-order valence-corrected chi connectivity index (χ0v) is 6.10. The van der Waals surface area contributed by atoms with E-state index in [-0.39, 0.29) is 5.92 Å². The summed E-state index contributed by atoms with van der Waals surface area (Å²) in [6.07, 6.45) is 1.52. The van der Waals surface area contributed by atoms with E-state index in [0.717, 1.165) is 0 Å². The molecule has 0 amide bonds. The summed E-state index contributed by atoms with van der Waals surface area (Å²) in [4.78, 5) is 0. The molecule has 0 heterocycles. The predicted molar refractivity (Wildman–Crippen MR) is 40.1 cm³/mol. The summed E-state index contributed by atoms with van der Waals surface area (Å²) in [5, 5.41) is 11.0. The van der Waals surface area contributed by atoms with Crippen molar-refractivity contribution in [3.05, 3.63) is 0 Å². The van der Waals surface area contributed by atoms with Crippen LogP contribution in [0.15, 0.2) is 5.10 Å². The standard InChI is InChI=1S/C6H13N3/c1-5(2)6(7)4-9-8-3/h4-5,7-8H,1-3H3/b7-6?,9-4-. The maximum Gasteiger partial charge on any atom is 0.0678 e. The maximum absolute atomic E-state index is 7.26. The van der Waals surface area contributed by atoms with Crippen LogP contribution in [0.1, 0.15) is 13.8 Å². The highest BCUT2D eigenvalue weighted by Crippen LogP contribution is 1.90. The van der Waals surface area contributed by atoms with E-state index in [9.17, 15) is 0 Å². The van der Waals surface area contributed by atoms with Crippen molar-refractivity contribution in [2.45, 2.75) is 13.8 Å². The zero-order valence-electron chi connectivity index (χ0n) is 6.10. The fourth-order valence-corrected chi connectivity index (χ4v) is 0.283. The second kappa shape index (κ2) is 4.06. The van der Waals surface area contributed by atoms with Crippen molar-refractivity contribution in [1.82, 2.24) is 5.43 Å². The summed E-state index contributed by atoms with van der Waals surface area (Å²) in [5.74, 6) is 0.266. The third-order valence-electron chi connectivity index (χ3n) is 0.955. The van der Waals surface area contributed by atoms with Gasteiger partial charge in [0, 0.05) is 7.05 Å². The molecule has 3 nitrogen and oxygen atoms in total. The second-order valence-corrected chi connectivity index (χ2v) is 2.09. The van der Waals surface area contributed by atoms with Gasteiger partial charge >= 0.3 is 0 Å². The Morgan fingerprint density at radius 3 is 2.56 bits per heavy atom. The van der Waals surface area contributed by atoms with Gasteiger partial charge in [0.25, 0.3) is 0 Å². The Labute approximate surface area is 55.7 Å². The topological polar surface area (TPSA) is 48.2 Å². The third kappa shape index (κ3) is 3.70. The molecule has 0 saturated carbocycles. The monoisotopic (exact) mass is 127 g/mol. The minimum Gasteiger partial charge on any atom is -0.313 e. The molecule has 2 N–H and O–H groups in total. The Kier molecular flexibility index (Phi) is 3.67. The van der Waals surface area contributed by atoms with Crippen LogP contribution in [-0.4, -0.2) is 19.0 Å². The molecular formula is C6H13N3. The van der Waals surface area contributed by atoms with Crippen molar-refractivity contribution in [3.63, 3.8) is 0 Å². The molecule has 0 atom stereocenters. The summed E-state index contributed by atoms with van der Waals surface area (Å²) >= 11 is 0. The smallest absolute Gasteiger partial charge is 0.0678 e. The van der Waals surface area contributed by atoms with Gasteiger partial charge in [0.2, 0.25) is 0 Å². The molecule has 0 aliphatic rings. The van der Waals surface area contributed by atoms with E-state index < -0.39 is 0 Å². The number of nitrogens with one attached hydrogen (secondary N) is 2. The lowest BCUT2D eigenvalue weighted by atomic mass is 10.1. The van der Waals surface area contributed by atoms with Crippen molar-refractivity contribution in [1.29, 1.82) is 5.41 Å². The lowest BCUT2D eigenvalue weighted by Gasteiger charge is -1.98. The summed E-state index contributed by atoms with van der Waals surface area (Å²) in [7, 11) is 1.71. The first-order valence-corrected chi connectivity index (χ1v) is 2.96. The molecule has 0 aromatic heterocycles. The molecule has 0 fully saturated rings. The van der Waals surface area contributed by atoms with E-state index in [2.05, 4.69) is 10.5 Å². The van der Waals surface area contributed by atoms with Crippen LogP contribution in [0, 0.1) is 11.3 Å². The van der Waals surface area contributed by atoms with Crippen LogP contribution in [0.25, 0.3) is 0 Å². The number of rotatable bonds is 3. The summed E-state index contributed by atoms with van der Waals surface area (Å²) < 4.78 is 0. The normalized spacial score (nSPS) is 10.7. The van der Waals surface area contributed by atoms with Crippen molar-refractivity contribution in [3.8, 4) is 0 Å². The van der Waals surface area contributed by atoms with E-state index in [0.29, 0.717) is 5.71 Å². The molecule has 0 saturated heterocycles. The van der Waals surface area contributed by atoms with Gasteiger partial charge < -0.3 is 10.8 Å². The van der Waals surface area contributed by atoms with Crippen molar-refractivity contribution >= 4 is 11.9 Å². The van der Waals surface area contributed by atoms with Crippen LogP contribution in [0.5, 0.6) is 0 Å². The molecule has 0 aliphatic carbocycles. The average Bonchev–Trinajstić information content (AvgIpc) is 1.82. The van der Waals surface area contributed by atoms with Crippen molar-refractivity contribution in [2.24, 2.45) is 11.0 Å². The number of hydrogen-bond donors (Lipinski definition) is 2. The van der Waals surface area contributed by atoms with Gasteiger partial charge in [-0.15, -0.1) is 0 Å². The lowest BCUT2D eigenvalue weighted by molar-refractivity contribution is 0.878. The first kappa shape index (κ1) is 8.14.